The number of hydrogen-bond acceptors (Lipinski definition) is 8. The zero-order chi connectivity index (χ0) is 12.6. The van der Waals surface area contributed by atoms with Crippen LogP contribution in [0.2, 0.25) is 0 Å². The number of anilines is 1. The van der Waals surface area contributed by atoms with E-state index in [9.17, 15) is 15.0 Å². The third kappa shape index (κ3) is 2.00. The average Bonchev–Trinajstić information content (AvgIpc) is 2.57. The topological polar surface area (TPSA) is 144 Å². The second kappa shape index (κ2) is 4.37. The maximum atomic E-state index is 11.4. The second-order valence-electron chi connectivity index (χ2n) is 3.64. The highest BCUT2D eigenvalue weighted by atomic mass is 16.6. The van der Waals surface area contributed by atoms with Gasteiger partial charge in [-0.05, 0) is 0 Å². The minimum absolute atomic E-state index is 0.0574. The lowest BCUT2D eigenvalue weighted by molar-refractivity contribution is -0.0616. The number of rotatable bonds is 2. The summed E-state index contributed by atoms with van der Waals surface area (Å²) in [5.74, 6) is -0.0574. The highest BCUT2D eigenvalue weighted by molar-refractivity contribution is 5.19. The van der Waals surface area contributed by atoms with Gasteiger partial charge in [0.05, 0.1) is 12.8 Å². The molecule has 9 nitrogen and oxygen atoms in total. The lowest BCUT2D eigenvalue weighted by Crippen LogP contribution is -2.37. The fourth-order valence-electron chi connectivity index (χ4n) is 1.62. The Morgan fingerprint density at radius 1 is 1.47 bits per heavy atom. The molecule has 1 saturated heterocycles. The molecule has 9 heteroatoms. The molecule has 1 aromatic heterocycles. The molecule has 0 bridgehead atoms. The van der Waals surface area contributed by atoms with E-state index in [1.165, 1.54) is 0 Å². The number of aromatic nitrogens is 3. The zero-order valence-corrected chi connectivity index (χ0v) is 8.67. The summed E-state index contributed by atoms with van der Waals surface area (Å²) < 4.78 is 5.88. The Hall–Kier alpha value is -1.55. The third-order valence-electron chi connectivity index (χ3n) is 2.49. The molecule has 5 N–H and O–H groups in total. The lowest BCUT2D eigenvalue weighted by atomic mass is 10.1. The number of aliphatic hydroxyl groups excluding tert-OH is 3. The van der Waals surface area contributed by atoms with Crippen LogP contribution in [0.25, 0.3) is 0 Å². The molecule has 1 aliphatic rings. The van der Waals surface area contributed by atoms with Crippen LogP contribution in [0.1, 0.15) is 6.23 Å². The van der Waals surface area contributed by atoms with Crippen molar-refractivity contribution in [1.82, 2.24) is 14.8 Å². The van der Waals surface area contributed by atoms with Crippen molar-refractivity contribution in [3.05, 3.63) is 16.7 Å². The first-order valence-electron chi connectivity index (χ1n) is 4.88. The Morgan fingerprint density at radius 2 is 2.18 bits per heavy atom. The zero-order valence-electron chi connectivity index (χ0n) is 8.67. The highest BCUT2D eigenvalue weighted by Crippen LogP contribution is 2.27. The molecule has 1 aromatic rings. The molecule has 0 unspecified atom stereocenters. The van der Waals surface area contributed by atoms with E-state index in [1.807, 2.05) is 0 Å². The summed E-state index contributed by atoms with van der Waals surface area (Å²) in [4.78, 5) is 14.9. The van der Waals surface area contributed by atoms with Crippen LogP contribution < -0.4 is 11.4 Å². The quantitative estimate of drug-likeness (QED) is 0.426. The molecule has 0 saturated carbocycles. The fourth-order valence-corrected chi connectivity index (χ4v) is 1.62. The minimum atomic E-state index is -1.37. The van der Waals surface area contributed by atoms with Crippen molar-refractivity contribution in [3.63, 3.8) is 0 Å². The van der Waals surface area contributed by atoms with E-state index in [-0.39, 0.29) is 5.82 Å². The SMILES string of the molecule is Nc1cnn([C@H]2O[C@@H](CO)[C@@H](O)[C@@H]2O)c(=O)n1. The van der Waals surface area contributed by atoms with Gasteiger partial charge >= 0.3 is 5.69 Å². The van der Waals surface area contributed by atoms with Crippen molar-refractivity contribution in [2.24, 2.45) is 0 Å². The van der Waals surface area contributed by atoms with Crippen molar-refractivity contribution >= 4 is 5.82 Å². The van der Waals surface area contributed by atoms with E-state index >= 15 is 0 Å². The molecular weight excluding hydrogens is 232 g/mol. The van der Waals surface area contributed by atoms with Crippen LogP contribution in [0.15, 0.2) is 11.0 Å². The van der Waals surface area contributed by atoms with Gasteiger partial charge in [0, 0.05) is 0 Å². The van der Waals surface area contributed by atoms with Gasteiger partial charge in [0.2, 0.25) is 0 Å². The van der Waals surface area contributed by atoms with Gasteiger partial charge in [0.15, 0.2) is 6.23 Å². The largest absolute Gasteiger partial charge is 0.394 e. The molecule has 17 heavy (non-hydrogen) atoms. The number of aliphatic hydroxyl groups is 3. The number of nitrogens with zero attached hydrogens (tertiary/aromatic N) is 3. The minimum Gasteiger partial charge on any atom is -0.394 e. The Labute approximate surface area is 95.1 Å². The summed E-state index contributed by atoms with van der Waals surface area (Å²) in [7, 11) is 0. The first kappa shape index (κ1) is 11.9. The highest BCUT2D eigenvalue weighted by Gasteiger charge is 2.44. The summed E-state index contributed by atoms with van der Waals surface area (Å²) in [6.45, 7) is -0.480. The van der Waals surface area contributed by atoms with Gasteiger partial charge in [-0.3, -0.25) is 0 Å². The van der Waals surface area contributed by atoms with E-state index in [0.29, 0.717) is 0 Å². The summed E-state index contributed by atoms with van der Waals surface area (Å²) in [6.07, 6.45) is -3.71. The van der Waals surface area contributed by atoms with Crippen molar-refractivity contribution in [1.29, 1.82) is 0 Å². The molecular formula is C8H12N4O5. The number of hydrogen-bond donors (Lipinski definition) is 4. The maximum absolute atomic E-state index is 11.4. The van der Waals surface area contributed by atoms with Gasteiger partial charge < -0.3 is 25.8 Å². The summed E-state index contributed by atoms with van der Waals surface area (Å²) in [5.41, 5.74) is 4.46. The van der Waals surface area contributed by atoms with E-state index in [4.69, 9.17) is 15.6 Å². The van der Waals surface area contributed by atoms with Crippen LogP contribution in [0.3, 0.4) is 0 Å². The standard InChI is InChI=1S/C8H12N4O5/c9-4-1-10-12(8(16)11-4)7-6(15)5(14)3(2-13)17-7/h1,3,5-7,13-15H,2H2,(H2,9,11,16)/t3-,5+,6-,7-/m0/s1. The van der Waals surface area contributed by atoms with E-state index in [0.717, 1.165) is 10.9 Å². The molecule has 0 aromatic carbocycles. The molecule has 4 atom stereocenters. The third-order valence-corrected chi connectivity index (χ3v) is 2.49. The average molecular weight is 244 g/mol. The molecule has 1 aliphatic heterocycles. The van der Waals surface area contributed by atoms with Gasteiger partial charge in [-0.2, -0.15) is 14.8 Å². The second-order valence-corrected chi connectivity index (χ2v) is 3.64. The smallest absolute Gasteiger partial charge is 0.368 e. The predicted octanol–water partition coefficient (Wildman–Crippen LogP) is -3.17. The van der Waals surface area contributed by atoms with Crippen LogP contribution in [-0.4, -0.2) is 55.0 Å². The summed E-state index contributed by atoms with van der Waals surface area (Å²) in [5, 5.41) is 31.7. The summed E-state index contributed by atoms with van der Waals surface area (Å²) >= 11 is 0. The monoisotopic (exact) mass is 244 g/mol. The first-order valence-corrected chi connectivity index (χ1v) is 4.88. The first-order chi connectivity index (χ1) is 8.04. The Bertz CT molecular complexity index is 463. The van der Waals surface area contributed by atoms with E-state index < -0.39 is 36.8 Å². The molecule has 0 aliphatic carbocycles. The van der Waals surface area contributed by atoms with Gasteiger partial charge in [0.25, 0.3) is 0 Å². The molecule has 0 spiro atoms. The number of nitrogen functional groups attached to an aromatic ring is 1. The van der Waals surface area contributed by atoms with E-state index in [2.05, 4.69) is 10.1 Å². The van der Waals surface area contributed by atoms with Crippen LogP contribution >= 0.6 is 0 Å². The molecule has 2 heterocycles. The molecule has 94 valence electrons. The van der Waals surface area contributed by atoms with Crippen molar-refractivity contribution < 1.29 is 20.1 Å². The van der Waals surface area contributed by atoms with Gasteiger partial charge in [-0.15, -0.1) is 0 Å². The number of nitrogens with two attached hydrogens (primary N) is 1. The van der Waals surface area contributed by atoms with Crippen LogP contribution in [0, 0.1) is 0 Å². The molecule has 2 rings (SSSR count). The van der Waals surface area contributed by atoms with Gasteiger partial charge in [0.1, 0.15) is 24.1 Å². The number of ether oxygens (including phenoxy) is 1. The van der Waals surface area contributed by atoms with Crippen molar-refractivity contribution in [3.8, 4) is 0 Å². The Morgan fingerprint density at radius 3 is 2.71 bits per heavy atom. The van der Waals surface area contributed by atoms with Gasteiger partial charge in [-0.1, -0.05) is 0 Å². The van der Waals surface area contributed by atoms with Crippen molar-refractivity contribution in [2.75, 3.05) is 12.3 Å². The van der Waals surface area contributed by atoms with Crippen LogP contribution in [0.5, 0.6) is 0 Å². The maximum Gasteiger partial charge on any atom is 0.368 e. The normalized spacial score (nSPS) is 32.9. The fraction of sp³-hybridized carbons (Fsp3) is 0.625. The van der Waals surface area contributed by atoms with Gasteiger partial charge in [-0.25, -0.2) is 4.79 Å². The Balaban J connectivity index is 2.32. The predicted molar refractivity (Wildman–Crippen MR) is 53.7 cm³/mol. The van der Waals surface area contributed by atoms with Crippen LogP contribution in [-0.2, 0) is 4.74 Å². The van der Waals surface area contributed by atoms with Crippen molar-refractivity contribution in [2.45, 2.75) is 24.5 Å². The molecule has 1 fully saturated rings. The summed E-state index contributed by atoms with van der Waals surface area (Å²) in [6, 6.07) is 0. The lowest BCUT2D eigenvalue weighted by Gasteiger charge is -2.15. The molecule has 0 amide bonds. The molecule has 0 radical (unpaired) electrons. The van der Waals surface area contributed by atoms with Crippen LogP contribution in [0.4, 0.5) is 5.82 Å². The van der Waals surface area contributed by atoms with E-state index in [1.54, 1.807) is 0 Å². The Kier molecular flexibility index (Phi) is 3.07.